The average molecular weight is 764 g/mol. The molecule has 0 radical (unpaired) electrons. The van der Waals surface area contributed by atoms with Crippen LogP contribution in [-0.2, 0) is 46.4 Å². The topological polar surface area (TPSA) is 190 Å². The van der Waals surface area contributed by atoms with E-state index >= 15 is 0 Å². The number of carbonyl (C=O) groups is 5. The Morgan fingerprint density at radius 1 is 0.981 bits per heavy atom. The molecule has 1 aromatic carbocycles. The number of ether oxygens (including phenoxy) is 3. The van der Waals surface area contributed by atoms with Gasteiger partial charge >= 0.3 is 0 Å². The largest absolute Gasteiger partial charge is 0.377 e. The van der Waals surface area contributed by atoms with Gasteiger partial charge in [-0.05, 0) is 43.5 Å². The molecule has 0 spiro atoms. The van der Waals surface area contributed by atoms with Crippen LogP contribution < -0.4 is 21.3 Å². The zero-order valence-electron chi connectivity index (χ0n) is 30.6. The summed E-state index contributed by atoms with van der Waals surface area (Å²) in [5.41, 5.74) is 1.86. The van der Waals surface area contributed by atoms with Gasteiger partial charge in [-0.2, -0.15) is 0 Å². The number of nitrogens with one attached hydrogen (secondary N) is 4. The molecule has 3 aromatic rings. The molecule has 3 heterocycles. The number of benzene rings is 1. The third-order valence-electron chi connectivity index (χ3n) is 9.57. The maximum absolute atomic E-state index is 13.5. The summed E-state index contributed by atoms with van der Waals surface area (Å²) in [6.45, 7) is 1.80. The van der Waals surface area contributed by atoms with Crippen LogP contribution in [0.1, 0.15) is 66.6 Å². The second-order valence-electron chi connectivity index (χ2n) is 13.3. The second-order valence-corrected chi connectivity index (χ2v) is 14.2. The molecule has 1 saturated carbocycles. The van der Waals surface area contributed by atoms with Crippen LogP contribution in [0.2, 0.25) is 0 Å². The lowest BCUT2D eigenvalue weighted by Gasteiger charge is -2.35. The molecule has 2 aromatic heterocycles. The van der Waals surface area contributed by atoms with E-state index in [0.29, 0.717) is 61.7 Å². The van der Waals surface area contributed by atoms with Crippen molar-refractivity contribution in [2.24, 2.45) is 5.41 Å². The molecular formula is C38H49N7O8S. The van der Waals surface area contributed by atoms with E-state index in [1.54, 1.807) is 24.4 Å². The van der Waals surface area contributed by atoms with Gasteiger partial charge in [0.25, 0.3) is 5.91 Å². The maximum atomic E-state index is 13.5. The normalized spacial score (nSPS) is 15.3. The Hall–Kier alpha value is -4.77. The fraction of sp³-hybridized carbons (Fsp3) is 0.500. The minimum absolute atomic E-state index is 0.0384. The van der Waals surface area contributed by atoms with Crippen LogP contribution in [0.3, 0.4) is 0 Å². The third-order valence-corrected chi connectivity index (χ3v) is 10.3. The number of hydrogen-bond donors (Lipinski definition) is 4. The monoisotopic (exact) mass is 763 g/mol. The van der Waals surface area contributed by atoms with Crippen molar-refractivity contribution in [2.75, 3.05) is 63.9 Å². The van der Waals surface area contributed by atoms with Crippen molar-refractivity contribution >= 4 is 57.9 Å². The van der Waals surface area contributed by atoms with Gasteiger partial charge in [-0.25, -0.2) is 9.97 Å². The number of rotatable bonds is 22. The van der Waals surface area contributed by atoms with Crippen molar-refractivity contribution < 1.29 is 38.2 Å². The Morgan fingerprint density at radius 2 is 1.74 bits per heavy atom. The van der Waals surface area contributed by atoms with Crippen LogP contribution in [0.4, 0.5) is 16.6 Å². The molecule has 290 valence electrons. The summed E-state index contributed by atoms with van der Waals surface area (Å²) in [4.78, 5) is 72.9. The summed E-state index contributed by atoms with van der Waals surface area (Å²) in [5.74, 6) is -0.181. The molecule has 1 fully saturated rings. The maximum Gasteiger partial charge on any atom is 0.255 e. The SMILES string of the molecule is CNC(=O)CCC(C=O)N1Cc2c(NC(=O)COCCOCCOCCNC(=O)C3(Cc4cccc(Nc5nccs5)n4)CCCCC3)cccc2C1=O. The zero-order chi connectivity index (χ0) is 38.2. The number of aldehydes is 1. The van der Waals surface area contributed by atoms with Crippen LogP contribution in [0, 0.1) is 5.41 Å². The lowest BCUT2D eigenvalue weighted by atomic mass is 9.70. The van der Waals surface area contributed by atoms with Gasteiger partial charge in [-0.15, -0.1) is 11.3 Å². The van der Waals surface area contributed by atoms with Crippen molar-refractivity contribution in [3.63, 3.8) is 0 Å². The number of fused-ring (bicyclic) bond motifs is 1. The fourth-order valence-electron chi connectivity index (χ4n) is 6.76. The molecular weight excluding hydrogens is 715 g/mol. The molecule has 0 bridgehead atoms. The first-order valence-corrected chi connectivity index (χ1v) is 19.2. The molecule has 1 unspecified atom stereocenters. The number of amides is 4. The number of anilines is 3. The van der Waals surface area contributed by atoms with E-state index in [-0.39, 0.29) is 56.9 Å². The number of pyridine rings is 1. The summed E-state index contributed by atoms with van der Waals surface area (Å²) in [6.07, 6.45) is 8.09. The molecule has 4 amide bonds. The summed E-state index contributed by atoms with van der Waals surface area (Å²) < 4.78 is 16.7. The predicted molar refractivity (Wildman–Crippen MR) is 202 cm³/mol. The first-order valence-electron chi connectivity index (χ1n) is 18.3. The van der Waals surface area contributed by atoms with Crippen molar-refractivity contribution in [1.29, 1.82) is 0 Å². The number of hydrogen-bond acceptors (Lipinski definition) is 12. The van der Waals surface area contributed by atoms with E-state index < -0.39 is 17.4 Å². The Labute approximate surface area is 318 Å². The Kier molecular flexibility index (Phi) is 15.4. The molecule has 5 rings (SSSR count). The van der Waals surface area contributed by atoms with Crippen LogP contribution in [0.25, 0.3) is 0 Å². The van der Waals surface area contributed by atoms with Crippen molar-refractivity contribution in [1.82, 2.24) is 25.5 Å². The van der Waals surface area contributed by atoms with Crippen LogP contribution >= 0.6 is 11.3 Å². The highest BCUT2D eigenvalue weighted by Gasteiger charge is 2.40. The fourth-order valence-corrected chi connectivity index (χ4v) is 7.29. The molecule has 4 N–H and O–H groups in total. The molecule has 1 aliphatic heterocycles. The highest BCUT2D eigenvalue weighted by Crippen LogP contribution is 2.39. The summed E-state index contributed by atoms with van der Waals surface area (Å²) in [6, 6.07) is 10.1. The van der Waals surface area contributed by atoms with E-state index in [9.17, 15) is 24.0 Å². The summed E-state index contributed by atoms with van der Waals surface area (Å²) >= 11 is 1.50. The molecule has 1 aliphatic carbocycles. The van der Waals surface area contributed by atoms with Gasteiger partial charge in [0.2, 0.25) is 17.7 Å². The highest BCUT2D eigenvalue weighted by atomic mass is 32.1. The Bertz CT molecular complexity index is 1720. The minimum atomic E-state index is -0.754. The molecule has 15 nitrogen and oxygen atoms in total. The van der Waals surface area contributed by atoms with Gasteiger partial charge in [0.15, 0.2) is 5.13 Å². The molecule has 2 aliphatic rings. The van der Waals surface area contributed by atoms with Crippen LogP contribution in [0.5, 0.6) is 0 Å². The number of thiazole rings is 1. The van der Waals surface area contributed by atoms with Gasteiger partial charge in [0, 0.05) is 67.1 Å². The van der Waals surface area contributed by atoms with Gasteiger partial charge in [0.05, 0.1) is 44.5 Å². The molecule has 54 heavy (non-hydrogen) atoms. The molecule has 16 heteroatoms. The van der Waals surface area contributed by atoms with Crippen LogP contribution in [0.15, 0.2) is 48.0 Å². The number of nitrogens with zero attached hydrogens (tertiary/aromatic N) is 3. The van der Waals surface area contributed by atoms with Gasteiger partial charge in [-0.3, -0.25) is 19.2 Å². The van der Waals surface area contributed by atoms with Crippen molar-refractivity contribution in [3.05, 3.63) is 64.8 Å². The number of carbonyl (C=O) groups excluding carboxylic acids is 5. The Balaban J connectivity index is 0.942. The quantitative estimate of drug-likeness (QED) is 0.0864. The van der Waals surface area contributed by atoms with Crippen molar-refractivity contribution in [3.8, 4) is 0 Å². The average Bonchev–Trinajstić information content (AvgIpc) is 3.82. The van der Waals surface area contributed by atoms with E-state index in [1.165, 1.54) is 23.3 Å². The highest BCUT2D eigenvalue weighted by molar-refractivity contribution is 7.13. The van der Waals surface area contributed by atoms with Gasteiger partial charge < -0.3 is 45.2 Å². The zero-order valence-corrected chi connectivity index (χ0v) is 31.4. The van der Waals surface area contributed by atoms with Gasteiger partial charge in [-0.1, -0.05) is 31.4 Å². The van der Waals surface area contributed by atoms with E-state index in [0.717, 1.165) is 42.9 Å². The molecule has 1 atom stereocenters. The first-order chi connectivity index (χ1) is 26.3. The third kappa shape index (κ3) is 11.4. The van der Waals surface area contributed by atoms with Crippen LogP contribution in [-0.4, -0.2) is 104 Å². The number of aromatic nitrogens is 2. The lowest BCUT2D eigenvalue weighted by Crippen LogP contribution is -2.45. The second kappa shape index (κ2) is 20.6. The first kappa shape index (κ1) is 40.4. The molecule has 0 saturated heterocycles. The van der Waals surface area contributed by atoms with E-state index in [2.05, 4.69) is 26.3 Å². The smallest absolute Gasteiger partial charge is 0.255 e. The lowest BCUT2D eigenvalue weighted by molar-refractivity contribution is -0.133. The summed E-state index contributed by atoms with van der Waals surface area (Å²) in [7, 11) is 1.51. The van der Waals surface area contributed by atoms with Gasteiger partial charge in [0.1, 0.15) is 18.7 Å². The van der Waals surface area contributed by atoms with E-state index in [1.807, 2.05) is 23.6 Å². The predicted octanol–water partition coefficient (Wildman–Crippen LogP) is 3.63. The van der Waals surface area contributed by atoms with E-state index in [4.69, 9.17) is 19.2 Å². The van der Waals surface area contributed by atoms with Crippen molar-refractivity contribution in [2.45, 2.75) is 64.0 Å². The minimum Gasteiger partial charge on any atom is -0.377 e. The Morgan fingerprint density at radius 3 is 2.48 bits per heavy atom. The standard InChI is InChI=1S/C38H49N7O8S/c1-39-33(47)12-11-28(25-46)45-24-30-29(35(45)49)8-6-9-31(30)43-34(48)26-53-21-20-52-19-18-51-17-15-40-36(50)38(13-3-2-4-14-38)23-27-7-5-10-32(42-27)44-37-41-16-22-54-37/h5-10,16,22,25,28H,2-4,11-15,17-21,23-24,26H2,1H3,(H,39,47)(H,40,50)(H,43,48)(H,41,42,44). The summed E-state index contributed by atoms with van der Waals surface area (Å²) in [5, 5.41) is 14.3.